The van der Waals surface area contributed by atoms with Crippen molar-refractivity contribution >= 4 is 39.8 Å². The average Bonchev–Trinajstić information content (AvgIpc) is 3.46. The second-order valence-corrected chi connectivity index (χ2v) is 6.68. The van der Waals surface area contributed by atoms with Crippen LogP contribution in [0.15, 0.2) is 54.6 Å². The van der Waals surface area contributed by atoms with Gasteiger partial charge in [0.2, 0.25) is 5.91 Å². The summed E-state index contributed by atoms with van der Waals surface area (Å²) < 4.78 is 0. The highest BCUT2D eigenvalue weighted by Gasteiger charge is 2.29. The molecule has 1 saturated carbocycles. The van der Waals surface area contributed by atoms with E-state index in [1.165, 1.54) is 0 Å². The van der Waals surface area contributed by atoms with Gasteiger partial charge in [-0.2, -0.15) is 0 Å². The third kappa shape index (κ3) is 3.74. The Balaban J connectivity index is 1.42. The lowest BCUT2D eigenvalue weighted by Gasteiger charge is -2.10. The standard InChI is InChI=1S/C20H18ClN3O/c21-19-15(11-14-3-1-2-4-18(14)24-19)12-22-16-7-9-17(10-8-16)23-20(25)13-5-6-13/h1-4,7-11,13,22H,5-6,12H2,(H,23,25). The van der Waals surface area contributed by atoms with Crippen LogP contribution in [0.5, 0.6) is 0 Å². The first-order valence-corrected chi connectivity index (χ1v) is 8.76. The molecule has 2 N–H and O–H groups in total. The molecule has 0 aliphatic heterocycles. The number of amides is 1. The van der Waals surface area contributed by atoms with Crippen LogP contribution in [0, 0.1) is 5.92 Å². The summed E-state index contributed by atoms with van der Waals surface area (Å²) in [5.74, 6) is 0.329. The number of carbonyl (C=O) groups is 1. The van der Waals surface area contributed by atoms with Crippen molar-refractivity contribution in [2.45, 2.75) is 19.4 Å². The minimum Gasteiger partial charge on any atom is -0.381 e. The monoisotopic (exact) mass is 351 g/mol. The zero-order valence-electron chi connectivity index (χ0n) is 13.6. The van der Waals surface area contributed by atoms with Crippen molar-refractivity contribution in [1.29, 1.82) is 0 Å². The Morgan fingerprint density at radius 2 is 1.80 bits per heavy atom. The van der Waals surface area contributed by atoms with Crippen LogP contribution in [-0.4, -0.2) is 10.9 Å². The summed E-state index contributed by atoms with van der Waals surface area (Å²) in [6, 6.07) is 17.7. The van der Waals surface area contributed by atoms with E-state index in [2.05, 4.69) is 21.7 Å². The van der Waals surface area contributed by atoms with Crippen molar-refractivity contribution in [3.63, 3.8) is 0 Å². The number of halogens is 1. The normalized spacial score (nSPS) is 13.6. The molecule has 2 aromatic carbocycles. The Bertz CT molecular complexity index is 920. The molecular formula is C20H18ClN3O. The van der Waals surface area contributed by atoms with Gasteiger partial charge < -0.3 is 10.6 Å². The SMILES string of the molecule is O=C(Nc1ccc(NCc2cc3ccccc3nc2Cl)cc1)C1CC1. The molecule has 0 radical (unpaired) electrons. The molecule has 4 nitrogen and oxygen atoms in total. The molecule has 0 unspecified atom stereocenters. The summed E-state index contributed by atoms with van der Waals surface area (Å²) in [6.07, 6.45) is 2.01. The van der Waals surface area contributed by atoms with E-state index in [-0.39, 0.29) is 11.8 Å². The second-order valence-electron chi connectivity index (χ2n) is 6.33. The second kappa shape index (κ2) is 6.73. The summed E-state index contributed by atoms with van der Waals surface area (Å²) in [7, 11) is 0. The third-order valence-electron chi connectivity index (χ3n) is 4.33. The number of nitrogens with one attached hydrogen (secondary N) is 2. The van der Waals surface area contributed by atoms with Gasteiger partial charge in [-0.25, -0.2) is 4.98 Å². The quantitative estimate of drug-likeness (QED) is 0.646. The van der Waals surface area contributed by atoms with Crippen LogP contribution in [0.1, 0.15) is 18.4 Å². The molecule has 25 heavy (non-hydrogen) atoms. The van der Waals surface area contributed by atoms with E-state index in [9.17, 15) is 4.79 Å². The highest BCUT2D eigenvalue weighted by atomic mass is 35.5. The van der Waals surface area contributed by atoms with Gasteiger partial charge in [-0.05, 0) is 49.2 Å². The summed E-state index contributed by atoms with van der Waals surface area (Å²) in [4.78, 5) is 16.2. The van der Waals surface area contributed by atoms with Crippen LogP contribution < -0.4 is 10.6 Å². The zero-order valence-corrected chi connectivity index (χ0v) is 14.4. The smallest absolute Gasteiger partial charge is 0.227 e. The Kier molecular flexibility index (Phi) is 4.28. The number of pyridine rings is 1. The highest BCUT2D eigenvalue weighted by molar-refractivity contribution is 6.30. The number of rotatable bonds is 5. The Morgan fingerprint density at radius 1 is 1.08 bits per heavy atom. The lowest BCUT2D eigenvalue weighted by Crippen LogP contribution is -2.13. The van der Waals surface area contributed by atoms with E-state index >= 15 is 0 Å². The van der Waals surface area contributed by atoms with E-state index in [1.807, 2.05) is 48.5 Å². The molecule has 1 amide bonds. The molecule has 0 atom stereocenters. The molecule has 126 valence electrons. The summed E-state index contributed by atoms with van der Waals surface area (Å²) in [5, 5.41) is 7.87. The number of para-hydroxylation sites is 1. The van der Waals surface area contributed by atoms with Gasteiger partial charge in [-0.1, -0.05) is 29.8 Å². The van der Waals surface area contributed by atoms with Gasteiger partial charge in [0.1, 0.15) is 5.15 Å². The molecule has 5 heteroatoms. The number of anilines is 2. The topological polar surface area (TPSA) is 54.0 Å². The maximum absolute atomic E-state index is 11.8. The maximum Gasteiger partial charge on any atom is 0.227 e. The van der Waals surface area contributed by atoms with Crippen molar-refractivity contribution < 1.29 is 4.79 Å². The minimum atomic E-state index is 0.120. The summed E-state index contributed by atoms with van der Waals surface area (Å²) in [5.41, 5.74) is 3.64. The third-order valence-corrected chi connectivity index (χ3v) is 4.66. The molecule has 1 aliphatic carbocycles. The largest absolute Gasteiger partial charge is 0.381 e. The number of nitrogens with zero attached hydrogens (tertiary/aromatic N) is 1. The van der Waals surface area contributed by atoms with Crippen molar-refractivity contribution in [1.82, 2.24) is 4.98 Å². The van der Waals surface area contributed by atoms with E-state index in [4.69, 9.17) is 11.6 Å². The molecular weight excluding hydrogens is 334 g/mol. The van der Waals surface area contributed by atoms with Gasteiger partial charge in [-0.3, -0.25) is 4.79 Å². The van der Waals surface area contributed by atoms with E-state index in [1.54, 1.807) is 0 Å². The van der Waals surface area contributed by atoms with Gasteiger partial charge in [0.25, 0.3) is 0 Å². The van der Waals surface area contributed by atoms with Crippen molar-refractivity contribution in [3.8, 4) is 0 Å². The molecule has 1 fully saturated rings. The number of hydrogen-bond donors (Lipinski definition) is 2. The Hall–Kier alpha value is -2.59. The number of hydrogen-bond acceptors (Lipinski definition) is 3. The predicted molar refractivity (Wildman–Crippen MR) is 102 cm³/mol. The first-order valence-electron chi connectivity index (χ1n) is 8.38. The van der Waals surface area contributed by atoms with Crippen molar-refractivity contribution in [2.75, 3.05) is 10.6 Å². The summed E-state index contributed by atoms with van der Waals surface area (Å²) in [6.45, 7) is 0.588. The van der Waals surface area contributed by atoms with E-state index in [0.29, 0.717) is 11.7 Å². The van der Waals surface area contributed by atoms with Crippen LogP contribution >= 0.6 is 11.6 Å². The first-order chi connectivity index (χ1) is 12.2. The molecule has 4 rings (SSSR count). The fourth-order valence-electron chi connectivity index (χ4n) is 2.72. The van der Waals surface area contributed by atoms with Gasteiger partial charge in [0.15, 0.2) is 0 Å². The fourth-order valence-corrected chi connectivity index (χ4v) is 2.93. The molecule has 0 bridgehead atoms. The molecule has 1 aromatic heterocycles. The number of benzene rings is 2. The first kappa shape index (κ1) is 15.9. The minimum absolute atomic E-state index is 0.120. The molecule has 1 aliphatic rings. The lowest BCUT2D eigenvalue weighted by molar-refractivity contribution is -0.117. The van der Waals surface area contributed by atoms with E-state index < -0.39 is 0 Å². The number of aromatic nitrogens is 1. The molecule has 3 aromatic rings. The van der Waals surface area contributed by atoms with Crippen LogP contribution in [-0.2, 0) is 11.3 Å². The van der Waals surface area contributed by atoms with E-state index in [0.717, 1.165) is 40.7 Å². The Labute approximate surface area is 151 Å². The Morgan fingerprint density at radius 3 is 2.56 bits per heavy atom. The van der Waals surface area contributed by atoms with Crippen LogP contribution in [0.2, 0.25) is 5.15 Å². The average molecular weight is 352 g/mol. The lowest BCUT2D eigenvalue weighted by atomic mass is 10.1. The number of fused-ring (bicyclic) bond motifs is 1. The fraction of sp³-hybridized carbons (Fsp3) is 0.200. The molecule has 0 spiro atoms. The van der Waals surface area contributed by atoms with Gasteiger partial charge in [0.05, 0.1) is 5.52 Å². The zero-order chi connectivity index (χ0) is 17.2. The highest BCUT2D eigenvalue weighted by Crippen LogP contribution is 2.30. The van der Waals surface area contributed by atoms with Crippen molar-refractivity contribution in [3.05, 3.63) is 65.3 Å². The maximum atomic E-state index is 11.8. The van der Waals surface area contributed by atoms with Crippen LogP contribution in [0.25, 0.3) is 10.9 Å². The molecule has 0 saturated heterocycles. The van der Waals surface area contributed by atoms with Gasteiger partial charge in [-0.15, -0.1) is 0 Å². The summed E-state index contributed by atoms with van der Waals surface area (Å²) >= 11 is 6.29. The molecule has 1 heterocycles. The number of carbonyl (C=O) groups excluding carboxylic acids is 1. The predicted octanol–water partition coefficient (Wildman–Crippen LogP) is 4.85. The van der Waals surface area contributed by atoms with Crippen LogP contribution in [0.4, 0.5) is 11.4 Å². The van der Waals surface area contributed by atoms with Gasteiger partial charge >= 0.3 is 0 Å². The van der Waals surface area contributed by atoms with Crippen molar-refractivity contribution in [2.24, 2.45) is 5.92 Å². The van der Waals surface area contributed by atoms with Gasteiger partial charge in [0, 0.05) is 34.8 Å². The van der Waals surface area contributed by atoms with Crippen LogP contribution in [0.3, 0.4) is 0 Å².